The number of carbonyl (C=O) groups is 5. The Bertz CT molecular complexity index is 1360. The van der Waals surface area contributed by atoms with Crippen LogP contribution in [0.15, 0.2) is 0 Å². The maximum Gasteiger partial charge on any atom is 0.477 e. The summed E-state index contributed by atoms with van der Waals surface area (Å²) in [4.78, 5) is 97.3. The molecule has 20 nitrogen and oxygen atoms in total. The first-order valence-corrected chi connectivity index (χ1v) is 24.4. The molecular formula is C38H80N9O11P2+. The Kier molecular flexibility index (Phi) is 30.0. The van der Waals surface area contributed by atoms with Crippen LogP contribution in [0, 0.1) is 0 Å². The van der Waals surface area contributed by atoms with Crippen LogP contribution in [-0.2, 0) is 37.4 Å². The van der Waals surface area contributed by atoms with Gasteiger partial charge in [0.1, 0.15) is 18.1 Å². The number of rotatable bonds is 36. The van der Waals surface area contributed by atoms with Gasteiger partial charge in [0, 0.05) is 19.5 Å². The number of unbranched alkanes of at least 4 members (excludes halogenated alkanes) is 7. The zero-order chi connectivity index (χ0) is 45.8. The number of nitrogens with zero attached hydrogens (tertiary/aromatic N) is 3. The maximum absolute atomic E-state index is 14.0. The molecule has 0 spiro atoms. The van der Waals surface area contributed by atoms with Gasteiger partial charge in [-0.2, -0.15) is 4.31 Å². The minimum atomic E-state index is -5.11. The number of phosphoric acid groups is 1. The zero-order valence-electron chi connectivity index (χ0n) is 37.6. The first kappa shape index (κ1) is 57.5. The Morgan fingerprint density at radius 2 is 1.07 bits per heavy atom. The van der Waals surface area contributed by atoms with E-state index in [1.54, 1.807) is 0 Å². The number of hydrogen-bond acceptors (Lipinski definition) is 10. The van der Waals surface area contributed by atoms with Crippen molar-refractivity contribution >= 4 is 45.1 Å². The fourth-order valence-corrected chi connectivity index (χ4v) is 7.91. The second kappa shape index (κ2) is 31.3. The predicted octanol–water partition coefficient (Wildman–Crippen LogP) is 1.56. The third-order valence-corrected chi connectivity index (χ3v) is 11.6. The molecule has 0 aliphatic carbocycles. The quantitative estimate of drug-likeness (QED) is 0.0246. The van der Waals surface area contributed by atoms with Gasteiger partial charge in [0.05, 0.1) is 34.2 Å². The van der Waals surface area contributed by atoms with Crippen molar-refractivity contribution in [1.29, 1.82) is 0 Å². The molecule has 5 amide bonds. The zero-order valence-corrected chi connectivity index (χ0v) is 39.4. The second-order valence-corrected chi connectivity index (χ2v) is 19.9. The molecule has 0 radical (unpaired) electrons. The lowest BCUT2D eigenvalue weighted by Crippen LogP contribution is -2.57. The molecule has 0 rings (SSSR count). The van der Waals surface area contributed by atoms with Crippen molar-refractivity contribution < 1.29 is 56.6 Å². The molecule has 0 fully saturated rings. The van der Waals surface area contributed by atoms with Crippen LogP contribution >= 0.6 is 15.6 Å². The standard InChI is InChI=1S/C38H79N9O11P2/c1-9-21-34(48)42-32(23-14-19-28-46(4)5)37(51)44-33(24-15-20-29-47(6,7)8)38(52)43-31(22-13-18-27-45(2)3)36(50)40-30-35(49)39-25-16-11-10-12-17-26-41-59(53,54)58-60(55,56)57/h31-33H,9-30H2,1-8H3,(H8-,39,40,41,42,43,44,48,49,50,51,52,53,54,55,56,57)/p+1. The Morgan fingerprint density at radius 3 is 1.55 bits per heavy atom. The minimum absolute atomic E-state index is 0.0181. The van der Waals surface area contributed by atoms with Gasteiger partial charge in [0.25, 0.3) is 0 Å². The average molecular weight is 901 g/mol. The Hall–Kier alpha value is -2.51. The molecule has 0 bridgehead atoms. The van der Waals surface area contributed by atoms with E-state index in [-0.39, 0.29) is 25.4 Å². The van der Waals surface area contributed by atoms with Crippen molar-refractivity contribution in [2.75, 3.05) is 88.6 Å². The van der Waals surface area contributed by atoms with E-state index in [1.165, 1.54) is 0 Å². The number of nitrogens with one attached hydrogen (secondary N) is 6. The molecule has 60 heavy (non-hydrogen) atoms. The predicted molar refractivity (Wildman–Crippen MR) is 232 cm³/mol. The third-order valence-electron chi connectivity index (χ3n) is 9.29. The van der Waals surface area contributed by atoms with Crippen molar-refractivity contribution in [1.82, 2.24) is 41.5 Å². The summed E-state index contributed by atoms with van der Waals surface area (Å²) in [5, 5.41) is 16.1. The molecule has 22 heteroatoms. The van der Waals surface area contributed by atoms with Crippen molar-refractivity contribution in [3.05, 3.63) is 0 Å². The van der Waals surface area contributed by atoms with E-state index in [4.69, 9.17) is 9.79 Å². The molecule has 4 atom stereocenters. The Morgan fingerprint density at radius 1 is 0.600 bits per heavy atom. The third kappa shape index (κ3) is 33.2. The van der Waals surface area contributed by atoms with Gasteiger partial charge in [0.15, 0.2) is 0 Å². The smallest absolute Gasteiger partial charge is 0.355 e. The number of amides is 5. The molecule has 0 saturated heterocycles. The van der Waals surface area contributed by atoms with Gasteiger partial charge < -0.3 is 55.5 Å². The molecule has 9 N–H and O–H groups in total. The topological polar surface area (TPSA) is 268 Å². The van der Waals surface area contributed by atoms with E-state index in [2.05, 4.69) is 62.0 Å². The van der Waals surface area contributed by atoms with Crippen LogP contribution in [0.1, 0.15) is 110 Å². The summed E-state index contributed by atoms with van der Waals surface area (Å²) < 4.78 is 26.9. The van der Waals surface area contributed by atoms with Crippen LogP contribution in [0.3, 0.4) is 0 Å². The largest absolute Gasteiger partial charge is 0.477 e. The molecule has 0 aromatic rings. The van der Waals surface area contributed by atoms with Crippen molar-refractivity contribution in [2.24, 2.45) is 0 Å². The van der Waals surface area contributed by atoms with Crippen LogP contribution < -0.4 is 31.7 Å². The number of quaternary nitrogens is 1. The van der Waals surface area contributed by atoms with Gasteiger partial charge in [0.2, 0.25) is 29.5 Å². The summed E-state index contributed by atoms with van der Waals surface area (Å²) in [5.41, 5.74) is 0. The van der Waals surface area contributed by atoms with Gasteiger partial charge in [-0.05, 0) is 118 Å². The van der Waals surface area contributed by atoms with Crippen LogP contribution in [0.4, 0.5) is 0 Å². The van der Waals surface area contributed by atoms with E-state index in [0.717, 1.165) is 56.2 Å². The van der Waals surface area contributed by atoms with Gasteiger partial charge >= 0.3 is 15.6 Å². The molecule has 0 aromatic heterocycles. The molecular weight excluding hydrogens is 820 g/mol. The SMILES string of the molecule is CCCC(=O)NC(CCCCN(C)C)C(=O)NC(CCCC[N+](C)(C)C)C(=O)NC(CCCCN(C)C)C(=O)NCC(=O)NCCCCCCCNP(=O)(O)OP(=O)(O)O. The van der Waals surface area contributed by atoms with E-state index >= 15 is 0 Å². The van der Waals surface area contributed by atoms with Crippen LogP contribution in [0.2, 0.25) is 0 Å². The van der Waals surface area contributed by atoms with E-state index < -0.39 is 57.3 Å². The highest BCUT2D eigenvalue weighted by Gasteiger charge is 2.31. The molecule has 0 aliphatic rings. The summed E-state index contributed by atoms with van der Waals surface area (Å²) in [6, 6.07) is -2.72. The fraction of sp³-hybridized carbons (Fsp3) is 0.868. The average Bonchev–Trinajstić information content (AvgIpc) is 3.11. The second-order valence-electron chi connectivity index (χ2n) is 16.9. The van der Waals surface area contributed by atoms with Crippen LogP contribution in [0.25, 0.3) is 0 Å². The maximum atomic E-state index is 14.0. The molecule has 352 valence electrons. The van der Waals surface area contributed by atoms with E-state index in [0.29, 0.717) is 70.8 Å². The molecule has 4 unspecified atom stereocenters. The Labute approximate surface area is 358 Å². The van der Waals surface area contributed by atoms with Gasteiger partial charge in [-0.3, -0.25) is 24.0 Å². The summed E-state index contributed by atoms with van der Waals surface area (Å²) in [6.07, 6.45) is 9.58. The van der Waals surface area contributed by atoms with E-state index in [9.17, 15) is 38.0 Å². The van der Waals surface area contributed by atoms with Crippen LogP contribution in [-0.4, -0.2) is 165 Å². The lowest BCUT2D eigenvalue weighted by Gasteiger charge is -2.27. The van der Waals surface area contributed by atoms with Crippen LogP contribution in [0.5, 0.6) is 0 Å². The first-order valence-electron chi connectivity index (χ1n) is 21.3. The van der Waals surface area contributed by atoms with Crippen molar-refractivity contribution in [2.45, 2.75) is 128 Å². The lowest BCUT2D eigenvalue weighted by molar-refractivity contribution is -0.870. The highest BCUT2D eigenvalue weighted by Crippen LogP contribution is 2.54. The van der Waals surface area contributed by atoms with E-state index in [1.807, 2.05) is 40.0 Å². The highest BCUT2D eigenvalue weighted by molar-refractivity contribution is 7.62. The molecule has 0 aliphatic heterocycles. The van der Waals surface area contributed by atoms with Crippen molar-refractivity contribution in [3.63, 3.8) is 0 Å². The molecule has 0 saturated carbocycles. The van der Waals surface area contributed by atoms with Crippen molar-refractivity contribution in [3.8, 4) is 0 Å². The number of carbonyl (C=O) groups excluding carboxylic acids is 5. The molecule has 0 heterocycles. The monoisotopic (exact) mass is 901 g/mol. The Balaban J connectivity index is 5.51. The van der Waals surface area contributed by atoms with Gasteiger partial charge in [-0.15, -0.1) is 0 Å². The normalized spacial score (nSPS) is 14.6. The minimum Gasteiger partial charge on any atom is -0.355 e. The summed E-state index contributed by atoms with van der Waals surface area (Å²) >= 11 is 0. The summed E-state index contributed by atoms with van der Waals surface area (Å²) in [5.74, 6) is -2.10. The first-order chi connectivity index (χ1) is 27.9. The summed E-state index contributed by atoms with van der Waals surface area (Å²) in [6.45, 7) is 4.43. The molecule has 0 aromatic carbocycles. The number of hydrogen-bond donors (Lipinski definition) is 9. The lowest BCUT2D eigenvalue weighted by atomic mass is 10.0. The van der Waals surface area contributed by atoms with Gasteiger partial charge in [-0.1, -0.05) is 26.2 Å². The van der Waals surface area contributed by atoms with Gasteiger partial charge in [-0.25, -0.2) is 14.2 Å². The summed E-state index contributed by atoms with van der Waals surface area (Å²) in [7, 11) is 4.36. The fourth-order valence-electron chi connectivity index (χ4n) is 6.09. The highest BCUT2D eigenvalue weighted by atomic mass is 31.3.